The number of benzene rings is 1. The van der Waals surface area contributed by atoms with E-state index in [4.69, 9.17) is 23.2 Å². The summed E-state index contributed by atoms with van der Waals surface area (Å²) in [5.41, 5.74) is 2.80. The predicted octanol–water partition coefficient (Wildman–Crippen LogP) is 3.82. The summed E-state index contributed by atoms with van der Waals surface area (Å²) in [7, 11) is 1.88. The number of thiol groups is 1. The van der Waals surface area contributed by atoms with E-state index in [0.29, 0.717) is 15.8 Å². The van der Waals surface area contributed by atoms with E-state index in [1.165, 1.54) is 0 Å². The largest absolute Gasteiger partial charge is 0.275 e. The third-order valence-electron chi connectivity index (χ3n) is 2.26. The number of hydrogen-bond acceptors (Lipinski definition) is 2. The normalized spacial score (nSPS) is 10.8. The summed E-state index contributed by atoms with van der Waals surface area (Å²) in [5, 5.41) is 5.61. The highest BCUT2D eigenvalue weighted by molar-refractivity contribution is 7.79. The molecule has 0 saturated carbocycles. The molecule has 0 aliphatic heterocycles. The van der Waals surface area contributed by atoms with Crippen molar-refractivity contribution in [2.24, 2.45) is 7.05 Å². The van der Waals surface area contributed by atoms with Crippen LogP contribution >= 0.6 is 35.8 Å². The van der Waals surface area contributed by atoms with E-state index < -0.39 is 0 Å². The van der Waals surface area contributed by atoms with Gasteiger partial charge in [0.05, 0.1) is 10.7 Å². The van der Waals surface area contributed by atoms with Crippen molar-refractivity contribution in [3.63, 3.8) is 0 Å². The van der Waals surface area contributed by atoms with Gasteiger partial charge in [-0.25, -0.2) is 0 Å². The van der Waals surface area contributed by atoms with Gasteiger partial charge in [-0.2, -0.15) is 17.7 Å². The first-order valence-corrected chi connectivity index (χ1v) is 6.09. The molecule has 1 aromatic heterocycles. The molecule has 2 aromatic rings. The molecule has 0 amide bonds. The van der Waals surface area contributed by atoms with Crippen LogP contribution in [0.3, 0.4) is 0 Å². The van der Waals surface area contributed by atoms with Crippen LogP contribution in [0, 0.1) is 0 Å². The average Bonchev–Trinajstić information content (AvgIpc) is 2.59. The van der Waals surface area contributed by atoms with Crippen LogP contribution in [0.25, 0.3) is 11.3 Å². The number of aromatic nitrogens is 2. The van der Waals surface area contributed by atoms with Crippen LogP contribution in [0.4, 0.5) is 0 Å². The Kier molecular flexibility index (Phi) is 3.47. The van der Waals surface area contributed by atoms with E-state index in [1.54, 1.807) is 16.8 Å². The van der Waals surface area contributed by atoms with Crippen LogP contribution < -0.4 is 0 Å². The number of hydrogen-bond donors (Lipinski definition) is 1. The van der Waals surface area contributed by atoms with E-state index in [0.717, 1.165) is 16.8 Å². The molecule has 84 valence electrons. The van der Waals surface area contributed by atoms with E-state index in [2.05, 4.69) is 17.7 Å². The molecule has 0 radical (unpaired) electrons. The van der Waals surface area contributed by atoms with Crippen molar-refractivity contribution in [2.75, 3.05) is 0 Å². The van der Waals surface area contributed by atoms with Crippen LogP contribution in [-0.4, -0.2) is 9.78 Å². The Labute approximate surface area is 110 Å². The molecule has 0 saturated heterocycles. The van der Waals surface area contributed by atoms with Gasteiger partial charge in [0.2, 0.25) is 0 Å². The van der Waals surface area contributed by atoms with Crippen LogP contribution in [0.1, 0.15) is 5.56 Å². The fraction of sp³-hybridized carbons (Fsp3) is 0.182. The smallest absolute Gasteiger partial charge is 0.0978 e. The summed E-state index contributed by atoms with van der Waals surface area (Å²) < 4.78 is 1.76. The molecule has 0 fully saturated rings. The van der Waals surface area contributed by atoms with Gasteiger partial charge in [-0.1, -0.05) is 23.2 Å². The lowest BCUT2D eigenvalue weighted by Crippen LogP contribution is -1.88. The highest BCUT2D eigenvalue weighted by Crippen LogP contribution is 2.31. The second-order valence-electron chi connectivity index (χ2n) is 3.46. The number of nitrogens with zero attached hydrogens (tertiary/aromatic N) is 2. The maximum atomic E-state index is 6.14. The van der Waals surface area contributed by atoms with E-state index in [1.807, 2.05) is 19.3 Å². The Morgan fingerprint density at radius 2 is 2.12 bits per heavy atom. The molecular weight excluding hydrogens is 263 g/mol. The lowest BCUT2D eigenvalue weighted by atomic mass is 10.1. The molecule has 1 heterocycles. The molecule has 1 aromatic carbocycles. The molecule has 2 rings (SSSR count). The Morgan fingerprint density at radius 1 is 1.38 bits per heavy atom. The summed E-state index contributed by atoms with van der Waals surface area (Å²) >= 11 is 16.3. The van der Waals surface area contributed by atoms with Crippen molar-refractivity contribution in [1.29, 1.82) is 0 Å². The standard InChI is InChI=1S/C11H10Cl2N2S/c1-15-5-7(6-16)11(14-15)9-3-2-8(12)4-10(9)13/h2-5,16H,6H2,1H3. The lowest BCUT2D eigenvalue weighted by molar-refractivity contribution is 0.770. The third kappa shape index (κ3) is 2.21. The van der Waals surface area contributed by atoms with Gasteiger partial charge >= 0.3 is 0 Å². The van der Waals surface area contributed by atoms with E-state index >= 15 is 0 Å². The molecule has 0 aliphatic rings. The van der Waals surface area contributed by atoms with Crippen molar-refractivity contribution in [3.8, 4) is 11.3 Å². The molecule has 0 unspecified atom stereocenters. The molecule has 0 aliphatic carbocycles. The Morgan fingerprint density at radius 3 is 2.75 bits per heavy atom. The fourth-order valence-electron chi connectivity index (χ4n) is 1.56. The van der Waals surface area contributed by atoms with Crippen LogP contribution in [0.2, 0.25) is 10.0 Å². The van der Waals surface area contributed by atoms with Gasteiger partial charge in [0.1, 0.15) is 0 Å². The zero-order valence-electron chi connectivity index (χ0n) is 8.61. The van der Waals surface area contributed by atoms with Crippen LogP contribution in [-0.2, 0) is 12.8 Å². The van der Waals surface area contributed by atoms with Crippen LogP contribution in [0.5, 0.6) is 0 Å². The molecule has 16 heavy (non-hydrogen) atoms. The van der Waals surface area contributed by atoms with Gasteiger partial charge in [0.15, 0.2) is 0 Å². The zero-order valence-corrected chi connectivity index (χ0v) is 11.0. The number of rotatable bonds is 2. The SMILES string of the molecule is Cn1cc(CS)c(-c2ccc(Cl)cc2Cl)n1. The fourth-order valence-corrected chi connectivity index (χ4v) is 2.29. The van der Waals surface area contributed by atoms with Crippen molar-refractivity contribution in [1.82, 2.24) is 9.78 Å². The zero-order chi connectivity index (χ0) is 11.7. The van der Waals surface area contributed by atoms with Gasteiger partial charge in [0.25, 0.3) is 0 Å². The predicted molar refractivity (Wildman–Crippen MR) is 71.4 cm³/mol. The second kappa shape index (κ2) is 4.70. The number of aryl methyl sites for hydroxylation is 1. The second-order valence-corrected chi connectivity index (χ2v) is 4.62. The molecule has 0 spiro atoms. The quantitative estimate of drug-likeness (QED) is 0.823. The Hall–Kier alpha value is -0.640. The molecule has 0 bridgehead atoms. The minimum absolute atomic E-state index is 0.606. The molecule has 5 heteroatoms. The van der Waals surface area contributed by atoms with Gasteiger partial charge < -0.3 is 0 Å². The van der Waals surface area contributed by atoms with Crippen LogP contribution in [0.15, 0.2) is 24.4 Å². The summed E-state index contributed by atoms with van der Waals surface area (Å²) in [6.45, 7) is 0. The maximum Gasteiger partial charge on any atom is 0.0978 e. The minimum Gasteiger partial charge on any atom is -0.275 e. The monoisotopic (exact) mass is 272 g/mol. The third-order valence-corrected chi connectivity index (χ3v) is 3.15. The van der Waals surface area contributed by atoms with E-state index in [-0.39, 0.29) is 0 Å². The number of halogens is 2. The first-order valence-electron chi connectivity index (χ1n) is 4.70. The molecule has 2 nitrogen and oxygen atoms in total. The summed E-state index contributed by atoms with van der Waals surface area (Å²) in [4.78, 5) is 0. The summed E-state index contributed by atoms with van der Waals surface area (Å²) in [6, 6.07) is 5.40. The first-order chi connectivity index (χ1) is 7.61. The minimum atomic E-state index is 0.606. The topological polar surface area (TPSA) is 17.8 Å². The van der Waals surface area contributed by atoms with Gasteiger partial charge in [0, 0.05) is 35.1 Å². The van der Waals surface area contributed by atoms with Crippen molar-refractivity contribution < 1.29 is 0 Å². The highest BCUT2D eigenvalue weighted by atomic mass is 35.5. The summed E-state index contributed by atoms with van der Waals surface area (Å²) in [5.74, 6) is 0.627. The Balaban J connectivity index is 2.57. The molecule has 0 atom stereocenters. The van der Waals surface area contributed by atoms with E-state index in [9.17, 15) is 0 Å². The van der Waals surface area contributed by atoms with Gasteiger partial charge in [-0.05, 0) is 18.2 Å². The maximum absolute atomic E-state index is 6.14. The first kappa shape index (κ1) is 11.8. The van der Waals surface area contributed by atoms with Crippen molar-refractivity contribution in [2.45, 2.75) is 5.75 Å². The van der Waals surface area contributed by atoms with Gasteiger partial charge in [-0.15, -0.1) is 0 Å². The van der Waals surface area contributed by atoms with Crippen molar-refractivity contribution >= 4 is 35.8 Å². The Bertz CT molecular complexity index is 523. The average molecular weight is 273 g/mol. The molecular formula is C11H10Cl2N2S. The lowest BCUT2D eigenvalue weighted by Gasteiger charge is -2.03. The van der Waals surface area contributed by atoms with Gasteiger partial charge in [-0.3, -0.25) is 4.68 Å². The summed E-state index contributed by atoms with van der Waals surface area (Å²) in [6.07, 6.45) is 1.94. The highest BCUT2D eigenvalue weighted by Gasteiger charge is 2.12. The molecule has 0 N–H and O–H groups in total. The van der Waals surface area contributed by atoms with Crippen molar-refractivity contribution in [3.05, 3.63) is 40.0 Å².